The topological polar surface area (TPSA) is 71.4 Å². The number of pyridine rings is 1. The fourth-order valence-corrected chi connectivity index (χ4v) is 2.75. The van der Waals surface area contributed by atoms with Crippen LogP contribution in [0.1, 0.15) is 18.2 Å². The lowest BCUT2D eigenvalue weighted by atomic mass is 10.2. The molecule has 0 spiro atoms. The van der Waals surface area contributed by atoms with E-state index in [4.69, 9.17) is 0 Å². The van der Waals surface area contributed by atoms with Gasteiger partial charge in [-0.3, -0.25) is 4.98 Å². The lowest BCUT2D eigenvalue weighted by Gasteiger charge is -2.05. The van der Waals surface area contributed by atoms with Crippen LogP contribution < -0.4 is 4.83 Å². The number of halogens is 1. The van der Waals surface area contributed by atoms with Crippen molar-refractivity contribution in [3.05, 3.63) is 58.3 Å². The number of sulfonamides is 1. The van der Waals surface area contributed by atoms with Gasteiger partial charge in [-0.05, 0) is 38.1 Å². The maximum Gasteiger partial charge on any atom is 0.276 e. The fraction of sp³-hybridized carbons (Fsp3) is 0.143. The second-order valence-electron chi connectivity index (χ2n) is 4.46. The average Bonchev–Trinajstić information content (AvgIpc) is 2.45. The van der Waals surface area contributed by atoms with Gasteiger partial charge in [-0.25, -0.2) is 0 Å². The van der Waals surface area contributed by atoms with E-state index in [1.165, 1.54) is 0 Å². The molecule has 0 saturated carbocycles. The number of aryl methyl sites for hydroxylation is 1. The molecule has 5 nitrogen and oxygen atoms in total. The summed E-state index contributed by atoms with van der Waals surface area (Å²) in [5, 5.41) is 3.90. The zero-order chi connectivity index (χ0) is 15.5. The first-order valence-corrected chi connectivity index (χ1v) is 8.41. The molecular weight excluding hydrogens is 354 g/mol. The predicted octanol–water partition coefficient (Wildman–Crippen LogP) is 2.86. The van der Waals surface area contributed by atoms with Crippen molar-refractivity contribution >= 4 is 31.7 Å². The number of hydrogen-bond acceptors (Lipinski definition) is 4. The Morgan fingerprint density at radius 3 is 2.52 bits per heavy atom. The highest BCUT2D eigenvalue weighted by Gasteiger charge is 2.12. The summed E-state index contributed by atoms with van der Waals surface area (Å²) in [6, 6.07) is 10.1. The van der Waals surface area contributed by atoms with E-state index in [-0.39, 0.29) is 4.90 Å². The Morgan fingerprint density at radius 2 is 1.90 bits per heavy atom. The third-order valence-corrected chi connectivity index (χ3v) is 4.48. The molecule has 110 valence electrons. The lowest BCUT2D eigenvalue weighted by Crippen LogP contribution is -2.20. The van der Waals surface area contributed by atoms with Crippen LogP contribution in [0.25, 0.3) is 0 Å². The molecule has 1 heterocycles. The summed E-state index contributed by atoms with van der Waals surface area (Å²) in [5.41, 5.74) is 2.06. The van der Waals surface area contributed by atoms with Crippen LogP contribution in [0.4, 0.5) is 0 Å². The Hall–Kier alpha value is -1.73. The van der Waals surface area contributed by atoms with E-state index in [1.54, 1.807) is 49.5 Å². The van der Waals surface area contributed by atoms with Crippen molar-refractivity contribution in [1.82, 2.24) is 9.82 Å². The van der Waals surface area contributed by atoms with E-state index < -0.39 is 10.0 Å². The number of rotatable bonds is 4. The van der Waals surface area contributed by atoms with Crippen LogP contribution in [-0.2, 0) is 10.0 Å². The van der Waals surface area contributed by atoms with Gasteiger partial charge >= 0.3 is 0 Å². The SMILES string of the molecule is C/C(=N\NS(=O)(=O)c1ccc(C)cc1)c1cc(Br)ccn1. The lowest BCUT2D eigenvalue weighted by molar-refractivity contribution is 0.584. The second kappa shape index (κ2) is 6.36. The van der Waals surface area contributed by atoms with Crippen molar-refractivity contribution in [2.45, 2.75) is 18.7 Å². The van der Waals surface area contributed by atoms with E-state index in [1.807, 2.05) is 6.92 Å². The van der Waals surface area contributed by atoms with Crippen molar-refractivity contribution in [3.63, 3.8) is 0 Å². The van der Waals surface area contributed by atoms with Crippen LogP contribution in [0.2, 0.25) is 0 Å². The van der Waals surface area contributed by atoms with Crippen molar-refractivity contribution in [2.24, 2.45) is 5.10 Å². The first-order chi connectivity index (χ1) is 9.88. The summed E-state index contributed by atoms with van der Waals surface area (Å²) < 4.78 is 25.0. The van der Waals surface area contributed by atoms with E-state index in [0.29, 0.717) is 11.4 Å². The van der Waals surface area contributed by atoms with Gasteiger partial charge < -0.3 is 0 Å². The van der Waals surface area contributed by atoms with Gasteiger partial charge in [0.2, 0.25) is 0 Å². The number of hydrazone groups is 1. The summed E-state index contributed by atoms with van der Waals surface area (Å²) >= 11 is 3.33. The van der Waals surface area contributed by atoms with Crippen LogP contribution in [0, 0.1) is 6.92 Å². The van der Waals surface area contributed by atoms with E-state index >= 15 is 0 Å². The van der Waals surface area contributed by atoms with Crippen LogP contribution >= 0.6 is 15.9 Å². The standard InChI is InChI=1S/C14H14BrN3O2S/c1-10-3-5-13(6-4-10)21(19,20)18-17-11(2)14-9-12(15)7-8-16-14/h3-9,18H,1-2H3/b17-11+. The third kappa shape index (κ3) is 4.12. The van der Waals surface area contributed by atoms with Crippen molar-refractivity contribution in [2.75, 3.05) is 0 Å². The molecule has 21 heavy (non-hydrogen) atoms. The molecule has 0 aliphatic rings. The van der Waals surface area contributed by atoms with Crippen LogP contribution in [0.15, 0.2) is 57.1 Å². The van der Waals surface area contributed by atoms with Crippen molar-refractivity contribution < 1.29 is 8.42 Å². The molecule has 1 aromatic carbocycles. The summed E-state index contributed by atoms with van der Waals surface area (Å²) in [4.78, 5) is 6.52. The van der Waals surface area contributed by atoms with Crippen molar-refractivity contribution in [3.8, 4) is 0 Å². The molecule has 2 rings (SSSR count). The predicted molar refractivity (Wildman–Crippen MR) is 85.6 cm³/mol. The highest BCUT2D eigenvalue weighted by atomic mass is 79.9. The van der Waals surface area contributed by atoms with E-state index in [9.17, 15) is 8.42 Å². The first kappa shape index (κ1) is 15.7. The molecule has 0 aliphatic carbocycles. The van der Waals surface area contributed by atoms with Gasteiger partial charge in [0.15, 0.2) is 0 Å². The minimum Gasteiger partial charge on any atom is -0.255 e. The van der Waals surface area contributed by atoms with Gasteiger partial charge in [0.1, 0.15) is 0 Å². The average molecular weight is 368 g/mol. The molecule has 0 atom stereocenters. The number of aromatic nitrogens is 1. The molecule has 1 aromatic heterocycles. The zero-order valence-electron chi connectivity index (χ0n) is 11.5. The highest BCUT2D eigenvalue weighted by Crippen LogP contribution is 2.11. The number of hydrogen-bond donors (Lipinski definition) is 1. The van der Waals surface area contributed by atoms with Gasteiger partial charge in [0.05, 0.1) is 16.3 Å². The molecule has 1 N–H and O–H groups in total. The summed E-state index contributed by atoms with van der Waals surface area (Å²) in [5.74, 6) is 0. The molecule has 0 aliphatic heterocycles. The van der Waals surface area contributed by atoms with Gasteiger partial charge in [0.25, 0.3) is 10.0 Å². The summed E-state index contributed by atoms with van der Waals surface area (Å²) in [6.07, 6.45) is 1.62. The number of benzene rings is 1. The van der Waals surface area contributed by atoms with E-state index in [2.05, 4.69) is 30.8 Å². The largest absolute Gasteiger partial charge is 0.276 e. The van der Waals surface area contributed by atoms with Gasteiger partial charge in [-0.2, -0.15) is 18.4 Å². The zero-order valence-corrected chi connectivity index (χ0v) is 13.9. The molecule has 0 radical (unpaired) electrons. The Kier molecular flexibility index (Phi) is 4.74. The summed E-state index contributed by atoms with van der Waals surface area (Å²) in [7, 11) is -3.67. The molecular formula is C14H14BrN3O2S. The number of nitrogens with one attached hydrogen (secondary N) is 1. The molecule has 0 saturated heterocycles. The summed E-state index contributed by atoms with van der Waals surface area (Å²) in [6.45, 7) is 3.58. The van der Waals surface area contributed by atoms with Crippen LogP contribution in [0.3, 0.4) is 0 Å². The van der Waals surface area contributed by atoms with E-state index in [0.717, 1.165) is 10.0 Å². The van der Waals surface area contributed by atoms with Crippen molar-refractivity contribution in [1.29, 1.82) is 0 Å². The Labute approximate surface area is 132 Å². The molecule has 0 fully saturated rings. The highest BCUT2D eigenvalue weighted by molar-refractivity contribution is 9.10. The molecule has 0 unspecified atom stereocenters. The first-order valence-electron chi connectivity index (χ1n) is 6.13. The Bertz CT molecular complexity index is 771. The maximum atomic E-state index is 12.1. The molecule has 2 aromatic rings. The minimum atomic E-state index is -3.67. The van der Waals surface area contributed by atoms with Crippen LogP contribution in [0.5, 0.6) is 0 Å². The molecule has 0 amide bonds. The van der Waals surface area contributed by atoms with Gasteiger partial charge in [-0.15, -0.1) is 0 Å². The Morgan fingerprint density at radius 1 is 1.24 bits per heavy atom. The Balaban J connectivity index is 2.21. The maximum absolute atomic E-state index is 12.1. The van der Waals surface area contributed by atoms with Gasteiger partial charge in [-0.1, -0.05) is 33.6 Å². The fourth-order valence-electron chi connectivity index (χ4n) is 1.56. The molecule has 7 heteroatoms. The minimum absolute atomic E-state index is 0.173. The third-order valence-electron chi connectivity index (χ3n) is 2.76. The van der Waals surface area contributed by atoms with Gasteiger partial charge in [0, 0.05) is 10.7 Å². The quantitative estimate of drug-likeness (QED) is 0.666. The van der Waals surface area contributed by atoms with Crippen LogP contribution in [-0.4, -0.2) is 19.1 Å². The molecule has 0 bridgehead atoms. The number of nitrogens with zero attached hydrogens (tertiary/aromatic N) is 2. The monoisotopic (exact) mass is 367 g/mol. The smallest absolute Gasteiger partial charge is 0.255 e. The second-order valence-corrected chi connectivity index (χ2v) is 7.04. The normalized spacial score (nSPS) is 12.2.